The molecule has 118 valence electrons. The summed E-state index contributed by atoms with van der Waals surface area (Å²) < 4.78 is 0. The highest BCUT2D eigenvalue weighted by atomic mass is 32.1. The van der Waals surface area contributed by atoms with Gasteiger partial charge in [0.05, 0.1) is 11.6 Å². The first kappa shape index (κ1) is 16.7. The van der Waals surface area contributed by atoms with Crippen molar-refractivity contribution in [2.45, 2.75) is 40.0 Å². The van der Waals surface area contributed by atoms with Crippen molar-refractivity contribution in [2.24, 2.45) is 5.92 Å². The molecule has 0 spiro atoms. The number of aromatic nitrogens is 1. The van der Waals surface area contributed by atoms with Gasteiger partial charge in [-0.25, -0.2) is 4.98 Å². The minimum absolute atomic E-state index is 0.0750. The lowest BCUT2D eigenvalue weighted by Crippen LogP contribution is -2.30. The summed E-state index contributed by atoms with van der Waals surface area (Å²) in [7, 11) is 1.80. The van der Waals surface area contributed by atoms with E-state index in [0.717, 1.165) is 22.8 Å². The van der Waals surface area contributed by atoms with E-state index >= 15 is 0 Å². The number of carbonyl (C=O) groups is 1. The van der Waals surface area contributed by atoms with E-state index in [0.29, 0.717) is 5.92 Å². The second-order valence-corrected chi connectivity index (χ2v) is 7.07. The summed E-state index contributed by atoms with van der Waals surface area (Å²) in [4.78, 5) is 18.6. The fourth-order valence-corrected chi connectivity index (χ4v) is 3.21. The Kier molecular flexibility index (Phi) is 5.35. The van der Waals surface area contributed by atoms with E-state index in [1.54, 1.807) is 11.9 Å². The normalized spacial score (nSPS) is 12.5. The highest BCUT2D eigenvalue weighted by molar-refractivity contribution is 7.14. The van der Waals surface area contributed by atoms with E-state index in [1.165, 1.54) is 16.9 Å². The molecule has 0 aliphatic carbocycles. The lowest BCUT2D eigenvalue weighted by molar-refractivity contribution is -0.119. The second kappa shape index (κ2) is 7.05. The molecule has 0 radical (unpaired) electrons. The smallest absolute Gasteiger partial charge is 0.235 e. The maximum absolute atomic E-state index is 12.6. The number of carbonyl (C=O) groups excluding carboxylic acids is 1. The summed E-state index contributed by atoms with van der Waals surface area (Å²) in [5.74, 6) is 0.553. The van der Waals surface area contributed by atoms with Gasteiger partial charge < -0.3 is 0 Å². The number of likely N-dealkylation sites (N-methyl/N-ethyl adjacent to an activating group) is 1. The van der Waals surface area contributed by atoms with Gasteiger partial charge in [0, 0.05) is 12.4 Å². The highest BCUT2D eigenvalue weighted by Crippen LogP contribution is 2.24. The molecule has 0 saturated heterocycles. The number of hydrogen-bond donors (Lipinski definition) is 0. The van der Waals surface area contributed by atoms with Crippen molar-refractivity contribution in [3.8, 4) is 0 Å². The molecule has 0 fully saturated rings. The molecule has 2 rings (SSSR count). The number of hydrogen-bond acceptors (Lipinski definition) is 3. The fourth-order valence-electron chi connectivity index (χ4n) is 2.44. The number of rotatable bonds is 5. The van der Waals surface area contributed by atoms with Gasteiger partial charge in [-0.2, -0.15) is 0 Å². The molecule has 4 heteroatoms. The van der Waals surface area contributed by atoms with E-state index in [4.69, 9.17) is 0 Å². The van der Waals surface area contributed by atoms with Gasteiger partial charge in [0.1, 0.15) is 0 Å². The van der Waals surface area contributed by atoms with Crippen LogP contribution in [0.3, 0.4) is 0 Å². The molecule has 22 heavy (non-hydrogen) atoms. The Morgan fingerprint density at radius 3 is 2.36 bits per heavy atom. The Labute approximate surface area is 137 Å². The van der Waals surface area contributed by atoms with Crippen LogP contribution < -0.4 is 4.90 Å². The van der Waals surface area contributed by atoms with Crippen LogP contribution in [0.5, 0.6) is 0 Å². The van der Waals surface area contributed by atoms with Crippen molar-refractivity contribution >= 4 is 22.4 Å². The molecule has 0 aliphatic heterocycles. The molecule has 0 aliphatic rings. The minimum atomic E-state index is -0.165. The SMILES string of the molecule is Cc1csc(N(C)C(=O)C(C)c2ccc(CC(C)C)cc2)n1. The van der Waals surface area contributed by atoms with Crippen molar-refractivity contribution in [1.29, 1.82) is 0 Å². The van der Waals surface area contributed by atoms with Gasteiger partial charge in [-0.15, -0.1) is 11.3 Å². The van der Waals surface area contributed by atoms with E-state index in [1.807, 2.05) is 19.2 Å². The molecule has 1 aromatic carbocycles. The van der Waals surface area contributed by atoms with Crippen molar-refractivity contribution in [3.05, 3.63) is 46.5 Å². The molecular weight excluding hydrogens is 292 g/mol. The molecule has 3 nitrogen and oxygen atoms in total. The van der Waals surface area contributed by atoms with Crippen LogP contribution in [0, 0.1) is 12.8 Å². The van der Waals surface area contributed by atoms with Crippen molar-refractivity contribution < 1.29 is 4.79 Å². The number of amides is 1. The Balaban J connectivity index is 2.09. The summed E-state index contributed by atoms with van der Waals surface area (Å²) >= 11 is 1.50. The third-order valence-electron chi connectivity index (χ3n) is 3.72. The Morgan fingerprint density at radius 2 is 1.86 bits per heavy atom. The molecule has 2 aromatic rings. The van der Waals surface area contributed by atoms with Gasteiger partial charge in [-0.1, -0.05) is 38.1 Å². The van der Waals surface area contributed by atoms with E-state index < -0.39 is 0 Å². The molecule has 0 N–H and O–H groups in total. The third-order valence-corrected chi connectivity index (χ3v) is 4.75. The van der Waals surface area contributed by atoms with Crippen molar-refractivity contribution in [2.75, 3.05) is 11.9 Å². The van der Waals surface area contributed by atoms with Gasteiger partial charge in [-0.3, -0.25) is 9.69 Å². The van der Waals surface area contributed by atoms with Gasteiger partial charge in [0.15, 0.2) is 5.13 Å². The van der Waals surface area contributed by atoms with Gasteiger partial charge >= 0.3 is 0 Å². The maximum Gasteiger partial charge on any atom is 0.235 e. The monoisotopic (exact) mass is 316 g/mol. The molecule has 1 heterocycles. The van der Waals surface area contributed by atoms with Crippen molar-refractivity contribution in [3.63, 3.8) is 0 Å². The van der Waals surface area contributed by atoms with Gasteiger partial charge in [0.2, 0.25) is 5.91 Å². The van der Waals surface area contributed by atoms with E-state index in [2.05, 4.69) is 43.1 Å². The predicted octanol–water partition coefficient (Wildman–Crippen LogP) is 4.42. The topological polar surface area (TPSA) is 33.2 Å². The first-order chi connectivity index (χ1) is 10.4. The summed E-state index contributed by atoms with van der Waals surface area (Å²) in [5.41, 5.74) is 3.32. The lowest BCUT2D eigenvalue weighted by Gasteiger charge is -2.19. The fraction of sp³-hybridized carbons (Fsp3) is 0.444. The molecule has 1 unspecified atom stereocenters. The number of anilines is 1. The summed E-state index contributed by atoms with van der Waals surface area (Å²) in [6.07, 6.45) is 1.07. The van der Waals surface area contributed by atoms with Gasteiger partial charge in [-0.05, 0) is 37.3 Å². The molecule has 0 saturated carbocycles. The zero-order valence-corrected chi connectivity index (χ0v) is 14.8. The molecule has 1 amide bonds. The van der Waals surface area contributed by atoms with Gasteiger partial charge in [0.25, 0.3) is 0 Å². The number of benzene rings is 1. The minimum Gasteiger partial charge on any atom is -0.291 e. The zero-order chi connectivity index (χ0) is 16.3. The third kappa shape index (κ3) is 3.95. The van der Waals surface area contributed by atoms with Crippen LogP contribution in [0.15, 0.2) is 29.6 Å². The van der Waals surface area contributed by atoms with Crippen LogP contribution in [-0.2, 0) is 11.2 Å². The quantitative estimate of drug-likeness (QED) is 0.818. The van der Waals surface area contributed by atoms with E-state index in [-0.39, 0.29) is 11.8 Å². The zero-order valence-electron chi connectivity index (χ0n) is 14.0. The second-order valence-electron chi connectivity index (χ2n) is 6.23. The lowest BCUT2D eigenvalue weighted by atomic mass is 9.96. The molecule has 0 bridgehead atoms. The average Bonchev–Trinajstić information content (AvgIpc) is 2.91. The largest absolute Gasteiger partial charge is 0.291 e. The van der Waals surface area contributed by atoms with Crippen LogP contribution in [0.25, 0.3) is 0 Å². The first-order valence-electron chi connectivity index (χ1n) is 7.67. The van der Waals surface area contributed by atoms with Crippen LogP contribution in [0.4, 0.5) is 5.13 Å². The molecule has 1 aromatic heterocycles. The first-order valence-corrected chi connectivity index (χ1v) is 8.55. The highest BCUT2D eigenvalue weighted by Gasteiger charge is 2.22. The van der Waals surface area contributed by atoms with Crippen LogP contribution in [-0.4, -0.2) is 17.9 Å². The summed E-state index contributed by atoms with van der Waals surface area (Å²) in [5, 5.41) is 2.72. The number of thiazole rings is 1. The molecular formula is C18H24N2OS. The number of nitrogens with zero attached hydrogens (tertiary/aromatic N) is 2. The average molecular weight is 316 g/mol. The number of aryl methyl sites for hydroxylation is 1. The Morgan fingerprint density at radius 1 is 1.23 bits per heavy atom. The van der Waals surface area contributed by atoms with Crippen molar-refractivity contribution in [1.82, 2.24) is 4.98 Å². The maximum atomic E-state index is 12.6. The summed E-state index contributed by atoms with van der Waals surface area (Å²) in [6, 6.07) is 8.40. The Bertz CT molecular complexity index is 631. The molecule has 1 atom stereocenters. The van der Waals surface area contributed by atoms with Crippen LogP contribution in [0.2, 0.25) is 0 Å². The Hall–Kier alpha value is -1.68. The van der Waals surface area contributed by atoms with Crippen LogP contribution >= 0.6 is 11.3 Å². The van der Waals surface area contributed by atoms with E-state index in [9.17, 15) is 4.79 Å². The van der Waals surface area contributed by atoms with Crippen LogP contribution in [0.1, 0.15) is 43.5 Å². The standard InChI is InChI=1S/C18H24N2OS/c1-12(2)10-15-6-8-16(9-7-15)14(4)17(21)20(5)18-19-13(3)11-22-18/h6-9,11-12,14H,10H2,1-5H3. The predicted molar refractivity (Wildman–Crippen MR) is 93.7 cm³/mol. The summed E-state index contributed by atoms with van der Waals surface area (Å²) in [6.45, 7) is 8.32.